The molecule has 0 saturated carbocycles. The first-order valence-corrected chi connectivity index (χ1v) is 10.7. The van der Waals surface area contributed by atoms with Gasteiger partial charge in [0, 0.05) is 22.6 Å². The van der Waals surface area contributed by atoms with Crippen LogP contribution in [-0.4, -0.2) is 36.9 Å². The second-order valence-electron chi connectivity index (χ2n) is 8.34. The Kier molecular flexibility index (Phi) is 4.88. The van der Waals surface area contributed by atoms with Crippen LogP contribution in [0, 0.1) is 0 Å². The van der Waals surface area contributed by atoms with E-state index in [1.807, 2.05) is 48.7 Å². The van der Waals surface area contributed by atoms with Crippen LogP contribution < -0.4 is 4.74 Å². The van der Waals surface area contributed by atoms with Gasteiger partial charge in [0.15, 0.2) is 5.78 Å². The molecular weight excluding hydrogens is 362 g/mol. The monoisotopic (exact) mass is 389 g/mol. The molecule has 4 nitrogen and oxygen atoms in total. The molecule has 0 aliphatic carbocycles. The smallest absolute Gasteiger partial charge is 0.196 e. The fraction of sp³-hybridized carbons (Fsp3) is 0.400. The first-order valence-electron chi connectivity index (χ1n) is 10.7. The first-order chi connectivity index (χ1) is 14.2. The van der Waals surface area contributed by atoms with Crippen LogP contribution in [0.2, 0.25) is 0 Å². The Morgan fingerprint density at radius 3 is 2.90 bits per heavy atom. The van der Waals surface area contributed by atoms with Crippen molar-refractivity contribution >= 4 is 16.8 Å². The van der Waals surface area contributed by atoms with Gasteiger partial charge in [-0.05, 0) is 75.0 Å². The number of methoxy groups -OCH3 is 1. The largest absolute Gasteiger partial charge is 0.496 e. The summed E-state index contributed by atoms with van der Waals surface area (Å²) in [6, 6.07) is 13.9. The lowest BCUT2D eigenvalue weighted by atomic mass is 9.82. The molecule has 2 saturated heterocycles. The fourth-order valence-electron chi connectivity index (χ4n) is 5.17. The van der Waals surface area contributed by atoms with E-state index in [9.17, 15) is 4.79 Å². The molecule has 2 aliphatic heterocycles. The number of ether oxygens (including phenoxy) is 1. The van der Waals surface area contributed by atoms with Crippen molar-refractivity contribution in [3.63, 3.8) is 0 Å². The van der Waals surface area contributed by atoms with Gasteiger partial charge in [0.05, 0.1) is 18.9 Å². The Morgan fingerprint density at radius 2 is 2.00 bits per heavy atom. The lowest BCUT2D eigenvalue weighted by Gasteiger charge is -2.42. The lowest BCUT2D eigenvalue weighted by molar-refractivity contribution is 0.0975. The van der Waals surface area contributed by atoms with Crippen LogP contribution in [0.1, 0.15) is 59.5 Å². The number of rotatable bonds is 4. The van der Waals surface area contributed by atoms with Crippen molar-refractivity contribution in [1.29, 1.82) is 0 Å². The highest BCUT2D eigenvalue weighted by molar-refractivity contribution is 6.12. The topological polar surface area (TPSA) is 42.7 Å². The highest BCUT2D eigenvalue weighted by atomic mass is 16.5. The zero-order valence-electron chi connectivity index (χ0n) is 16.9. The standard InChI is InChI=1S/C25H27NO3/c1-28-23-8-3-2-7-20(23)25(27)18-9-10-24-21(15-18)22(16-29-24)17-11-13-26-12-5-4-6-19(26)14-17/h2-3,7-10,15-17,19H,4-6,11-14H2,1H3. The molecule has 29 heavy (non-hydrogen) atoms. The molecule has 2 aromatic carbocycles. The van der Waals surface area contributed by atoms with Crippen molar-refractivity contribution < 1.29 is 13.9 Å². The summed E-state index contributed by atoms with van der Waals surface area (Å²) in [5.41, 5.74) is 3.40. The molecule has 2 fully saturated rings. The predicted molar refractivity (Wildman–Crippen MR) is 114 cm³/mol. The molecule has 5 rings (SSSR count). The Hall–Kier alpha value is -2.59. The van der Waals surface area contributed by atoms with Crippen molar-refractivity contribution in [2.45, 2.75) is 44.1 Å². The maximum Gasteiger partial charge on any atom is 0.196 e. The zero-order valence-corrected chi connectivity index (χ0v) is 16.9. The fourth-order valence-corrected chi connectivity index (χ4v) is 5.17. The molecular formula is C25H27NO3. The summed E-state index contributed by atoms with van der Waals surface area (Å²) in [4.78, 5) is 15.8. The highest BCUT2D eigenvalue weighted by Gasteiger charge is 2.32. The minimum Gasteiger partial charge on any atom is -0.496 e. The van der Waals surface area contributed by atoms with Gasteiger partial charge in [-0.1, -0.05) is 18.6 Å². The molecule has 0 spiro atoms. The molecule has 3 heterocycles. The maximum atomic E-state index is 13.1. The van der Waals surface area contributed by atoms with Crippen molar-refractivity contribution in [2.75, 3.05) is 20.2 Å². The van der Waals surface area contributed by atoms with Gasteiger partial charge < -0.3 is 14.1 Å². The van der Waals surface area contributed by atoms with Crippen molar-refractivity contribution in [3.05, 3.63) is 65.4 Å². The lowest BCUT2D eigenvalue weighted by Crippen LogP contribution is -2.44. The van der Waals surface area contributed by atoms with E-state index >= 15 is 0 Å². The van der Waals surface area contributed by atoms with E-state index in [0.29, 0.717) is 28.8 Å². The molecule has 2 atom stereocenters. The molecule has 4 heteroatoms. The van der Waals surface area contributed by atoms with Gasteiger partial charge >= 0.3 is 0 Å². The van der Waals surface area contributed by atoms with Crippen molar-refractivity contribution in [2.24, 2.45) is 0 Å². The van der Waals surface area contributed by atoms with Gasteiger partial charge in [0.1, 0.15) is 11.3 Å². The third kappa shape index (κ3) is 3.36. The number of ketones is 1. The van der Waals surface area contributed by atoms with Gasteiger partial charge in [-0.15, -0.1) is 0 Å². The molecule has 0 amide bonds. The summed E-state index contributed by atoms with van der Waals surface area (Å²) in [6.45, 7) is 2.42. The molecule has 0 bridgehead atoms. The summed E-state index contributed by atoms with van der Waals surface area (Å²) in [7, 11) is 1.60. The number of carbonyl (C=O) groups is 1. The van der Waals surface area contributed by atoms with Gasteiger partial charge in [-0.3, -0.25) is 4.79 Å². The zero-order chi connectivity index (χ0) is 19.8. The number of fused-ring (bicyclic) bond motifs is 2. The Morgan fingerprint density at radius 1 is 1.10 bits per heavy atom. The van der Waals surface area contributed by atoms with Crippen LogP contribution in [0.3, 0.4) is 0 Å². The summed E-state index contributed by atoms with van der Waals surface area (Å²) < 4.78 is 11.3. The minimum atomic E-state index is -0.0152. The quantitative estimate of drug-likeness (QED) is 0.560. The second-order valence-corrected chi connectivity index (χ2v) is 8.34. The summed E-state index contributed by atoms with van der Waals surface area (Å²) in [5, 5.41) is 1.08. The molecule has 2 unspecified atom stereocenters. The van der Waals surface area contributed by atoms with Crippen LogP contribution in [-0.2, 0) is 0 Å². The number of nitrogens with zero attached hydrogens (tertiary/aromatic N) is 1. The van der Waals surface area contributed by atoms with Gasteiger partial charge in [0.25, 0.3) is 0 Å². The number of furan rings is 1. The van der Waals surface area contributed by atoms with E-state index in [1.165, 1.54) is 44.3 Å². The number of hydrogen-bond acceptors (Lipinski definition) is 4. The number of benzene rings is 2. The van der Waals surface area contributed by atoms with Gasteiger partial charge in [0.2, 0.25) is 0 Å². The van der Waals surface area contributed by atoms with Crippen LogP contribution in [0.5, 0.6) is 5.75 Å². The van der Waals surface area contributed by atoms with E-state index in [1.54, 1.807) is 7.11 Å². The SMILES string of the molecule is COc1ccccc1C(=O)c1ccc2occ(C3CCN4CCCCC4C3)c2c1. The molecule has 1 aromatic heterocycles. The summed E-state index contributed by atoms with van der Waals surface area (Å²) >= 11 is 0. The summed E-state index contributed by atoms with van der Waals surface area (Å²) in [6.07, 6.45) is 8.27. The normalized spacial score (nSPS) is 22.4. The maximum absolute atomic E-state index is 13.1. The predicted octanol–water partition coefficient (Wildman–Crippen LogP) is 5.40. The summed E-state index contributed by atoms with van der Waals surface area (Å²) in [5.74, 6) is 1.10. The number of para-hydroxylation sites is 1. The van der Waals surface area contributed by atoms with E-state index < -0.39 is 0 Å². The second kappa shape index (κ2) is 7.68. The number of piperidine rings is 2. The average molecular weight is 389 g/mol. The number of carbonyl (C=O) groups excluding carboxylic acids is 1. The van der Waals surface area contributed by atoms with Gasteiger partial charge in [-0.25, -0.2) is 0 Å². The third-order valence-electron chi connectivity index (χ3n) is 6.73. The molecule has 3 aromatic rings. The minimum absolute atomic E-state index is 0.0152. The molecule has 0 radical (unpaired) electrons. The van der Waals surface area contributed by atoms with Crippen LogP contribution in [0.25, 0.3) is 11.0 Å². The van der Waals surface area contributed by atoms with Gasteiger partial charge in [-0.2, -0.15) is 0 Å². The molecule has 2 aliphatic rings. The van der Waals surface area contributed by atoms with Crippen LogP contribution >= 0.6 is 0 Å². The number of hydrogen-bond donors (Lipinski definition) is 0. The van der Waals surface area contributed by atoms with E-state index in [2.05, 4.69) is 4.90 Å². The molecule has 150 valence electrons. The Bertz CT molecular complexity index is 1040. The molecule has 0 N–H and O–H groups in total. The van der Waals surface area contributed by atoms with E-state index in [4.69, 9.17) is 9.15 Å². The van der Waals surface area contributed by atoms with Crippen molar-refractivity contribution in [1.82, 2.24) is 4.90 Å². The van der Waals surface area contributed by atoms with Crippen LogP contribution in [0.4, 0.5) is 0 Å². The van der Waals surface area contributed by atoms with E-state index in [-0.39, 0.29) is 5.78 Å². The third-order valence-corrected chi connectivity index (χ3v) is 6.73. The Labute approximate surface area is 171 Å². The average Bonchev–Trinajstić information content (AvgIpc) is 3.21. The Balaban J connectivity index is 1.47. The van der Waals surface area contributed by atoms with Crippen LogP contribution in [0.15, 0.2) is 53.1 Å². The van der Waals surface area contributed by atoms with E-state index in [0.717, 1.165) is 17.4 Å². The van der Waals surface area contributed by atoms with Crippen molar-refractivity contribution in [3.8, 4) is 5.75 Å². The highest BCUT2D eigenvalue weighted by Crippen LogP contribution is 2.39. The first kappa shape index (κ1) is 18.4.